The minimum atomic E-state index is -1.07. The summed E-state index contributed by atoms with van der Waals surface area (Å²) in [5, 5.41) is 9.66. The highest BCUT2D eigenvalue weighted by Crippen LogP contribution is 2.40. The molecule has 0 spiro atoms. The normalized spacial score (nSPS) is 10.1. The van der Waals surface area contributed by atoms with Crippen LogP contribution < -0.4 is 4.74 Å². The van der Waals surface area contributed by atoms with Gasteiger partial charge in [-0.1, -0.05) is 31.2 Å². The zero-order valence-electron chi connectivity index (χ0n) is 15.4. The molecule has 1 heterocycles. The van der Waals surface area contributed by atoms with E-state index in [0.717, 1.165) is 0 Å². The average molecular weight is 371 g/mol. The van der Waals surface area contributed by atoms with Gasteiger partial charge in [-0.3, -0.25) is 0 Å². The van der Waals surface area contributed by atoms with Gasteiger partial charge in [-0.2, -0.15) is 0 Å². The highest BCUT2D eigenvalue weighted by atomic mass is 16.5. The summed E-state index contributed by atoms with van der Waals surface area (Å²) in [6.07, 6.45) is 0.563. The predicted molar refractivity (Wildman–Crippen MR) is 106 cm³/mol. The molecule has 0 saturated carbocycles. The molecule has 0 bridgehead atoms. The molecule has 2 aromatic carbocycles. The first-order chi connectivity index (χ1) is 13.5. The number of aromatic nitrogens is 1. The van der Waals surface area contributed by atoms with Crippen molar-refractivity contribution in [3.8, 4) is 22.6 Å². The lowest BCUT2D eigenvalue weighted by Crippen LogP contribution is -2.07. The van der Waals surface area contributed by atoms with Crippen molar-refractivity contribution in [2.24, 2.45) is 7.05 Å². The van der Waals surface area contributed by atoms with Gasteiger partial charge in [-0.25, -0.2) is 14.5 Å². The van der Waals surface area contributed by atoms with Crippen LogP contribution in [0.1, 0.15) is 23.1 Å². The predicted octanol–water partition coefficient (Wildman–Crippen LogP) is 5.85. The molecule has 1 aromatic heterocycles. The van der Waals surface area contributed by atoms with E-state index in [0.29, 0.717) is 46.1 Å². The average Bonchev–Trinajstić information content (AvgIpc) is 3.00. The molecule has 0 amide bonds. The number of carbonyl (C=O) groups is 1. The first kappa shape index (κ1) is 18.8. The summed E-state index contributed by atoms with van der Waals surface area (Å²) in [5.74, 6) is 0.0273. The van der Waals surface area contributed by atoms with Gasteiger partial charge in [0.15, 0.2) is 5.69 Å². The summed E-state index contributed by atoms with van der Waals surface area (Å²) >= 11 is 0. The first-order valence-corrected chi connectivity index (χ1v) is 8.58. The molecule has 0 radical (unpaired) electrons. The maximum Gasteiger partial charge on any atom is 0.351 e. The van der Waals surface area contributed by atoms with Gasteiger partial charge < -0.3 is 14.4 Å². The van der Waals surface area contributed by atoms with E-state index < -0.39 is 5.97 Å². The Hall–Kier alpha value is -4.03. The van der Waals surface area contributed by atoms with Crippen LogP contribution in [0.4, 0.5) is 11.4 Å². The highest BCUT2D eigenvalue weighted by molar-refractivity contribution is 6.00. The summed E-state index contributed by atoms with van der Waals surface area (Å²) in [5.41, 5.74) is 2.70. The van der Waals surface area contributed by atoms with Crippen LogP contribution in [0, 0.1) is 13.1 Å². The van der Waals surface area contributed by atoms with Crippen molar-refractivity contribution < 1.29 is 14.6 Å². The maximum atomic E-state index is 11.8. The number of benzene rings is 2. The number of hydrogen-bond acceptors (Lipinski definition) is 2. The molecule has 0 fully saturated rings. The number of aromatic carboxylic acids is 1. The van der Waals surface area contributed by atoms with E-state index >= 15 is 0 Å². The second-order valence-electron chi connectivity index (χ2n) is 6.08. The lowest BCUT2D eigenvalue weighted by molar-refractivity contribution is 0.0687. The molecule has 0 saturated heterocycles. The van der Waals surface area contributed by atoms with Crippen molar-refractivity contribution in [2.45, 2.75) is 13.3 Å². The van der Waals surface area contributed by atoms with E-state index in [2.05, 4.69) is 9.69 Å². The molecule has 138 valence electrons. The lowest BCUT2D eigenvalue weighted by atomic mass is 10.0. The van der Waals surface area contributed by atoms with Crippen LogP contribution in [0.2, 0.25) is 0 Å². The zero-order valence-corrected chi connectivity index (χ0v) is 15.4. The summed E-state index contributed by atoms with van der Waals surface area (Å²) in [7, 11) is 1.67. The molecule has 28 heavy (non-hydrogen) atoms. The molecule has 6 heteroatoms. The molecule has 3 aromatic rings. The van der Waals surface area contributed by atoms with E-state index in [1.807, 2.05) is 6.92 Å². The largest absolute Gasteiger partial charge is 0.477 e. The number of hydrogen-bond donors (Lipinski definition) is 1. The topological polar surface area (TPSA) is 60.2 Å². The first-order valence-electron chi connectivity index (χ1n) is 8.58. The van der Waals surface area contributed by atoms with Gasteiger partial charge in [-0.05, 0) is 36.2 Å². The van der Waals surface area contributed by atoms with Crippen LogP contribution >= 0.6 is 0 Å². The van der Waals surface area contributed by atoms with Gasteiger partial charge in [-0.15, -0.1) is 0 Å². The van der Waals surface area contributed by atoms with Crippen molar-refractivity contribution in [3.63, 3.8) is 0 Å². The fraction of sp³-hybridized carbons (Fsp3) is 0.136. The van der Waals surface area contributed by atoms with Gasteiger partial charge in [0.05, 0.1) is 13.1 Å². The maximum absolute atomic E-state index is 11.8. The van der Waals surface area contributed by atoms with Crippen LogP contribution in [-0.4, -0.2) is 15.6 Å². The molecule has 0 unspecified atom stereocenters. The Morgan fingerprint density at radius 2 is 1.82 bits per heavy atom. The lowest BCUT2D eigenvalue weighted by Gasteiger charge is -2.08. The summed E-state index contributed by atoms with van der Waals surface area (Å²) < 4.78 is 7.35. The van der Waals surface area contributed by atoms with E-state index in [1.165, 1.54) is 0 Å². The molecule has 0 aliphatic rings. The van der Waals surface area contributed by atoms with Crippen LogP contribution in [-0.2, 0) is 13.5 Å². The van der Waals surface area contributed by atoms with Gasteiger partial charge in [0.2, 0.25) is 5.69 Å². The smallest absolute Gasteiger partial charge is 0.351 e. The quantitative estimate of drug-likeness (QED) is 0.573. The van der Waals surface area contributed by atoms with Crippen LogP contribution in [0.3, 0.4) is 0 Å². The molecule has 3 rings (SSSR count). The third-order valence-electron chi connectivity index (χ3n) is 4.46. The number of carboxylic acids is 1. The Morgan fingerprint density at radius 1 is 1.11 bits per heavy atom. The minimum absolute atomic E-state index is 0.0984. The fourth-order valence-electron chi connectivity index (χ4n) is 3.21. The summed E-state index contributed by atoms with van der Waals surface area (Å²) in [4.78, 5) is 18.8. The third kappa shape index (κ3) is 3.32. The summed E-state index contributed by atoms with van der Waals surface area (Å²) in [6, 6.07) is 13.8. The van der Waals surface area contributed by atoms with E-state index in [4.69, 9.17) is 17.9 Å². The van der Waals surface area contributed by atoms with Crippen LogP contribution in [0.25, 0.3) is 20.8 Å². The molecule has 0 aliphatic heterocycles. The monoisotopic (exact) mass is 371 g/mol. The van der Waals surface area contributed by atoms with Gasteiger partial charge in [0.1, 0.15) is 17.2 Å². The van der Waals surface area contributed by atoms with Crippen molar-refractivity contribution in [2.75, 3.05) is 0 Å². The fourth-order valence-corrected chi connectivity index (χ4v) is 3.21. The summed E-state index contributed by atoms with van der Waals surface area (Å²) in [6.45, 7) is 16.5. The van der Waals surface area contributed by atoms with E-state index in [1.54, 1.807) is 60.1 Å². The second-order valence-corrected chi connectivity index (χ2v) is 6.08. The van der Waals surface area contributed by atoms with Crippen molar-refractivity contribution >= 4 is 17.3 Å². The van der Waals surface area contributed by atoms with Crippen LogP contribution in [0.15, 0.2) is 48.5 Å². The Labute approximate surface area is 162 Å². The van der Waals surface area contributed by atoms with Crippen molar-refractivity contribution in [1.82, 2.24) is 4.57 Å². The Morgan fingerprint density at radius 3 is 2.39 bits per heavy atom. The molecule has 0 aliphatic carbocycles. The van der Waals surface area contributed by atoms with Gasteiger partial charge >= 0.3 is 5.97 Å². The third-order valence-corrected chi connectivity index (χ3v) is 4.46. The highest BCUT2D eigenvalue weighted by Gasteiger charge is 2.25. The van der Waals surface area contributed by atoms with E-state index in [9.17, 15) is 9.90 Å². The number of rotatable bonds is 5. The Bertz CT molecular complexity index is 1130. The number of nitrogens with zero attached hydrogens (tertiary/aromatic N) is 3. The molecule has 0 atom stereocenters. The van der Waals surface area contributed by atoms with E-state index in [-0.39, 0.29) is 5.69 Å². The molecule has 1 N–H and O–H groups in total. The number of carboxylic acid groups (broad SMARTS) is 1. The number of ether oxygens (including phenoxy) is 1. The Kier molecular flexibility index (Phi) is 5.15. The molecular formula is C22H17N3O3. The second kappa shape index (κ2) is 7.69. The van der Waals surface area contributed by atoms with Crippen molar-refractivity contribution in [3.05, 3.63) is 82.8 Å². The standard InChI is InChI=1S/C22H17N3O3/c1-5-18-20(24-3)19(21(22(26)27)25(18)4)14-9-11-16(12-10-14)28-17-8-6-7-15(13-17)23-2/h6-13H,5H2,1,4H3,(H,26,27). The minimum Gasteiger partial charge on any atom is -0.477 e. The van der Waals surface area contributed by atoms with Crippen LogP contribution in [0.5, 0.6) is 11.5 Å². The van der Waals surface area contributed by atoms with Gasteiger partial charge in [0, 0.05) is 18.3 Å². The Balaban J connectivity index is 2.01. The zero-order chi connectivity index (χ0) is 20.3. The molecular weight excluding hydrogens is 354 g/mol. The van der Waals surface area contributed by atoms with Crippen molar-refractivity contribution in [1.29, 1.82) is 0 Å². The SMILES string of the molecule is [C-]#[N+]c1cccc(Oc2ccc(-c3c([N+]#[C-])c(CC)n(C)c3C(=O)O)cc2)c1. The van der Waals surface area contributed by atoms with Gasteiger partial charge in [0.25, 0.3) is 0 Å². The molecule has 6 nitrogen and oxygen atoms in total.